The topological polar surface area (TPSA) is 97.3 Å². The molecule has 1 aliphatic rings. The van der Waals surface area contributed by atoms with Gasteiger partial charge in [-0.2, -0.15) is 0 Å². The van der Waals surface area contributed by atoms with Gasteiger partial charge in [0.1, 0.15) is 6.61 Å². The normalized spacial score (nSPS) is 15.2. The fourth-order valence-electron chi connectivity index (χ4n) is 3.75. The molecule has 1 aliphatic heterocycles. The summed E-state index contributed by atoms with van der Waals surface area (Å²) in [5.74, 6) is 0.443. The van der Waals surface area contributed by atoms with E-state index in [1.807, 2.05) is 23.6 Å². The number of anilines is 1. The van der Waals surface area contributed by atoms with Crippen molar-refractivity contribution in [1.82, 2.24) is 4.90 Å². The van der Waals surface area contributed by atoms with E-state index in [4.69, 9.17) is 14.2 Å². The Labute approximate surface area is 209 Å². The smallest absolute Gasteiger partial charge is 0.411 e. The summed E-state index contributed by atoms with van der Waals surface area (Å²) >= 11 is 1.63. The van der Waals surface area contributed by atoms with Crippen molar-refractivity contribution in [1.29, 1.82) is 0 Å². The Bertz CT molecular complexity index is 1050. The molecule has 9 heteroatoms. The van der Waals surface area contributed by atoms with Crippen molar-refractivity contribution in [3.8, 4) is 11.5 Å². The number of amides is 2. The summed E-state index contributed by atoms with van der Waals surface area (Å²) in [4.78, 5) is 28.7. The van der Waals surface area contributed by atoms with Crippen LogP contribution in [0, 0.1) is 0 Å². The zero-order valence-electron chi connectivity index (χ0n) is 20.1. The number of carbonyl (C=O) groups is 2. The largest absolute Gasteiger partial charge is 0.493 e. The van der Waals surface area contributed by atoms with Crippen molar-refractivity contribution < 1.29 is 28.9 Å². The molecule has 1 aromatic heterocycles. The molecule has 0 unspecified atom stereocenters. The number of unbranched alkanes of at least 4 members (excludes halogenated alkanes) is 1. The van der Waals surface area contributed by atoms with Gasteiger partial charge in [-0.3, -0.25) is 10.1 Å². The third-order valence-corrected chi connectivity index (χ3v) is 6.54. The van der Waals surface area contributed by atoms with Crippen LogP contribution < -0.4 is 14.8 Å². The van der Waals surface area contributed by atoms with Crippen molar-refractivity contribution in [2.45, 2.75) is 32.2 Å². The Morgan fingerprint density at radius 3 is 2.83 bits per heavy atom. The van der Waals surface area contributed by atoms with E-state index in [0.717, 1.165) is 23.3 Å². The summed E-state index contributed by atoms with van der Waals surface area (Å²) in [6, 6.07) is 6.73. The first-order chi connectivity index (χ1) is 17.0. The van der Waals surface area contributed by atoms with Gasteiger partial charge in [0, 0.05) is 17.5 Å². The second-order valence-corrected chi connectivity index (χ2v) is 8.92. The molecule has 0 saturated heterocycles. The summed E-state index contributed by atoms with van der Waals surface area (Å²) in [5, 5.41) is 14.7. The molecule has 2 N–H and O–H groups in total. The lowest BCUT2D eigenvalue weighted by molar-refractivity contribution is 0.0619. The van der Waals surface area contributed by atoms with Crippen LogP contribution in [0.5, 0.6) is 11.5 Å². The second kappa shape index (κ2) is 13.0. The zero-order chi connectivity index (χ0) is 25.2. The Hall–Kier alpha value is -3.30. The maximum absolute atomic E-state index is 13.7. The SMILES string of the molecule is C=CCOC(=O)Nc1cc(OCCCC)c(OC)cc1C(=O)N1CC=C(c2cccs2)C[C@H]1CO. The van der Waals surface area contributed by atoms with E-state index >= 15 is 0 Å². The van der Waals surface area contributed by atoms with Gasteiger partial charge in [-0.1, -0.05) is 38.1 Å². The zero-order valence-corrected chi connectivity index (χ0v) is 20.9. The highest BCUT2D eigenvalue weighted by molar-refractivity contribution is 7.11. The molecule has 2 heterocycles. The molecule has 1 aromatic carbocycles. The van der Waals surface area contributed by atoms with Crippen molar-refractivity contribution in [2.24, 2.45) is 0 Å². The van der Waals surface area contributed by atoms with Crippen LogP contribution in [0.25, 0.3) is 5.57 Å². The predicted octanol–water partition coefficient (Wildman–Crippen LogP) is 4.96. The average Bonchev–Trinajstić information content (AvgIpc) is 3.42. The molecule has 1 atom stereocenters. The monoisotopic (exact) mass is 500 g/mol. The Balaban J connectivity index is 1.94. The molecule has 2 aromatic rings. The molecule has 0 radical (unpaired) electrons. The van der Waals surface area contributed by atoms with Gasteiger partial charge in [-0.05, 0) is 35.9 Å². The number of hydrogen-bond acceptors (Lipinski definition) is 7. The number of rotatable bonds is 11. The fraction of sp³-hybridized carbons (Fsp3) is 0.385. The Morgan fingerprint density at radius 2 is 2.17 bits per heavy atom. The molecular weight excluding hydrogens is 468 g/mol. The van der Waals surface area contributed by atoms with E-state index in [9.17, 15) is 14.7 Å². The lowest BCUT2D eigenvalue weighted by atomic mass is 9.98. The van der Waals surface area contributed by atoms with Crippen LogP contribution in [-0.2, 0) is 4.74 Å². The lowest BCUT2D eigenvalue weighted by Gasteiger charge is -2.34. The average molecular weight is 501 g/mol. The summed E-state index contributed by atoms with van der Waals surface area (Å²) < 4.78 is 16.4. The van der Waals surface area contributed by atoms with Crippen LogP contribution in [0.1, 0.15) is 41.4 Å². The predicted molar refractivity (Wildman–Crippen MR) is 137 cm³/mol. The van der Waals surface area contributed by atoms with Crippen LogP contribution in [-0.4, -0.2) is 61.5 Å². The molecule has 0 fully saturated rings. The molecule has 35 heavy (non-hydrogen) atoms. The quantitative estimate of drug-likeness (QED) is 0.334. The molecule has 2 amide bonds. The highest BCUT2D eigenvalue weighted by Crippen LogP contribution is 2.36. The highest BCUT2D eigenvalue weighted by atomic mass is 32.1. The van der Waals surface area contributed by atoms with E-state index in [0.29, 0.717) is 31.1 Å². The van der Waals surface area contributed by atoms with Gasteiger partial charge in [0.25, 0.3) is 5.91 Å². The van der Waals surface area contributed by atoms with Crippen LogP contribution in [0.15, 0.2) is 48.4 Å². The Morgan fingerprint density at radius 1 is 1.34 bits per heavy atom. The minimum Gasteiger partial charge on any atom is -0.493 e. The standard InChI is InChI=1S/C26H32N2O6S/c1-4-6-12-33-23-16-21(27-26(31)34-11-5-2)20(15-22(23)32-3)25(30)28-10-9-18(14-19(28)17-29)24-8-7-13-35-24/h5,7-9,13,15-16,19,29H,2,4,6,10-12,14,17H2,1,3H3,(H,27,31)/t19-/m0/s1. The van der Waals surface area contributed by atoms with Gasteiger partial charge < -0.3 is 24.2 Å². The molecule has 0 saturated carbocycles. The molecule has 8 nitrogen and oxygen atoms in total. The molecule has 0 spiro atoms. The van der Waals surface area contributed by atoms with E-state index < -0.39 is 12.1 Å². The van der Waals surface area contributed by atoms with E-state index in [1.165, 1.54) is 13.2 Å². The van der Waals surface area contributed by atoms with E-state index in [2.05, 4.69) is 18.8 Å². The van der Waals surface area contributed by atoms with Crippen LogP contribution in [0.4, 0.5) is 10.5 Å². The molecular formula is C26H32N2O6S. The van der Waals surface area contributed by atoms with Crippen LogP contribution >= 0.6 is 11.3 Å². The first kappa shape index (κ1) is 26.3. The number of hydrogen-bond donors (Lipinski definition) is 2. The number of ether oxygens (including phenoxy) is 3. The molecule has 0 aliphatic carbocycles. The summed E-state index contributed by atoms with van der Waals surface area (Å²) in [6.45, 7) is 6.23. The molecule has 3 rings (SSSR count). The number of carbonyl (C=O) groups excluding carboxylic acids is 2. The minimum absolute atomic E-state index is 0.0279. The first-order valence-electron chi connectivity index (χ1n) is 11.6. The van der Waals surface area contributed by atoms with Gasteiger partial charge >= 0.3 is 6.09 Å². The maximum Gasteiger partial charge on any atom is 0.411 e. The number of thiophene rings is 1. The highest BCUT2D eigenvalue weighted by Gasteiger charge is 2.31. The molecule has 188 valence electrons. The summed E-state index contributed by atoms with van der Waals surface area (Å²) in [6.07, 6.45) is 5.06. The number of benzene rings is 1. The number of methoxy groups -OCH3 is 1. The Kier molecular flexibility index (Phi) is 9.75. The van der Waals surface area contributed by atoms with Gasteiger partial charge in [-0.15, -0.1) is 11.3 Å². The molecule has 0 bridgehead atoms. The summed E-state index contributed by atoms with van der Waals surface area (Å²) in [7, 11) is 1.50. The first-order valence-corrected chi connectivity index (χ1v) is 12.4. The van der Waals surface area contributed by atoms with Crippen molar-refractivity contribution in [3.63, 3.8) is 0 Å². The fourth-order valence-corrected chi connectivity index (χ4v) is 4.53. The lowest BCUT2D eigenvalue weighted by Crippen LogP contribution is -2.45. The maximum atomic E-state index is 13.7. The van der Waals surface area contributed by atoms with Gasteiger partial charge in [0.2, 0.25) is 0 Å². The van der Waals surface area contributed by atoms with Crippen LogP contribution in [0.2, 0.25) is 0 Å². The number of nitrogens with zero attached hydrogens (tertiary/aromatic N) is 1. The second-order valence-electron chi connectivity index (χ2n) is 7.97. The van der Waals surface area contributed by atoms with Gasteiger partial charge in [0.05, 0.1) is 37.6 Å². The minimum atomic E-state index is -0.721. The van der Waals surface area contributed by atoms with E-state index in [1.54, 1.807) is 28.4 Å². The van der Waals surface area contributed by atoms with Crippen molar-refractivity contribution >= 4 is 34.6 Å². The number of aliphatic hydroxyl groups excluding tert-OH is 1. The summed E-state index contributed by atoms with van der Waals surface area (Å²) in [5.41, 5.74) is 1.56. The number of nitrogens with one attached hydrogen (secondary N) is 1. The van der Waals surface area contributed by atoms with Gasteiger partial charge in [-0.25, -0.2) is 4.79 Å². The van der Waals surface area contributed by atoms with Crippen LogP contribution in [0.3, 0.4) is 0 Å². The third-order valence-electron chi connectivity index (χ3n) is 5.60. The number of aliphatic hydroxyl groups is 1. The van der Waals surface area contributed by atoms with Gasteiger partial charge in [0.15, 0.2) is 11.5 Å². The van der Waals surface area contributed by atoms with Crippen molar-refractivity contribution in [2.75, 3.05) is 38.8 Å². The van der Waals surface area contributed by atoms with E-state index in [-0.39, 0.29) is 30.4 Å². The van der Waals surface area contributed by atoms with Crippen molar-refractivity contribution in [3.05, 3.63) is 58.8 Å². The third kappa shape index (κ3) is 6.64.